The summed E-state index contributed by atoms with van der Waals surface area (Å²) in [6, 6.07) is 16.3. The molecule has 3 heterocycles. The van der Waals surface area contributed by atoms with Gasteiger partial charge in [-0.1, -0.05) is 35.5 Å². The van der Waals surface area contributed by atoms with Gasteiger partial charge in [-0.25, -0.2) is 14.8 Å². The summed E-state index contributed by atoms with van der Waals surface area (Å²) in [5, 5.41) is 21.0. The van der Waals surface area contributed by atoms with E-state index >= 15 is 0 Å². The third-order valence-corrected chi connectivity index (χ3v) is 7.08. The number of oxazole rings is 1. The van der Waals surface area contributed by atoms with E-state index in [1.165, 1.54) is 11.8 Å². The Morgan fingerprint density at radius 3 is 2.55 bits per heavy atom. The second-order valence-electron chi connectivity index (χ2n) is 8.35. The molecular formula is C27H20ClN5O4S. The Kier molecular flexibility index (Phi) is 7.50. The number of thioether (sulfide) groups is 1. The molecule has 2 atom stereocenters. The van der Waals surface area contributed by atoms with Crippen LogP contribution in [0.1, 0.15) is 11.3 Å². The molecule has 2 aromatic carbocycles. The van der Waals surface area contributed by atoms with Crippen molar-refractivity contribution in [1.29, 1.82) is 5.26 Å². The average molecular weight is 546 g/mol. The first-order valence-electron chi connectivity index (χ1n) is 11.4. The van der Waals surface area contributed by atoms with Gasteiger partial charge in [0.15, 0.2) is 0 Å². The van der Waals surface area contributed by atoms with Crippen molar-refractivity contribution < 1.29 is 19.0 Å². The Balaban J connectivity index is 1.40. The number of benzene rings is 2. The molecule has 0 saturated carbocycles. The van der Waals surface area contributed by atoms with Gasteiger partial charge in [0.2, 0.25) is 11.6 Å². The van der Waals surface area contributed by atoms with E-state index in [0.717, 1.165) is 5.56 Å². The molecule has 5 rings (SSSR count). The van der Waals surface area contributed by atoms with Gasteiger partial charge in [0, 0.05) is 21.9 Å². The van der Waals surface area contributed by atoms with Crippen molar-refractivity contribution in [3.63, 3.8) is 0 Å². The molecule has 4 aromatic rings. The number of aliphatic hydroxyl groups excluding tert-OH is 1. The zero-order valence-corrected chi connectivity index (χ0v) is 21.4. The maximum Gasteiger partial charge on any atom is 0.236 e. The summed E-state index contributed by atoms with van der Waals surface area (Å²) in [6.45, 7) is 8.19. The molecule has 1 saturated heterocycles. The number of nitrogen functional groups attached to an aromatic ring is 1. The zero-order chi connectivity index (χ0) is 26.6. The molecule has 3 N–H and O–H groups in total. The van der Waals surface area contributed by atoms with Gasteiger partial charge in [0.25, 0.3) is 0 Å². The minimum Gasteiger partial charge on any atom is -0.485 e. The SMILES string of the molecule is [C-]#[N+]c1c(N)nc(SCc2coc(-c3ccc(Cl)cc3)n2)c(C#N)c1-c1ccc(O[C@H]2COC[C@@H]2O)cc1. The molecule has 0 aliphatic carbocycles. The van der Waals surface area contributed by atoms with Crippen LogP contribution in [-0.4, -0.2) is 40.5 Å². The van der Waals surface area contributed by atoms with Gasteiger partial charge in [-0.05, 0) is 42.0 Å². The van der Waals surface area contributed by atoms with E-state index in [1.807, 2.05) is 12.1 Å². The van der Waals surface area contributed by atoms with E-state index in [2.05, 4.69) is 20.9 Å². The van der Waals surface area contributed by atoms with Crippen LogP contribution in [-0.2, 0) is 10.5 Å². The van der Waals surface area contributed by atoms with Crippen LogP contribution in [0.3, 0.4) is 0 Å². The molecule has 11 heteroatoms. The van der Waals surface area contributed by atoms with Gasteiger partial charge < -0.3 is 24.7 Å². The summed E-state index contributed by atoms with van der Waals surface area (Å²) in [5.74, 6) is 1.39. The third-order valence-electron chi connectivity index (χ3n) is 5.82. The Labute approximate surface area is 227 Å². The third kappa shape index (κ3) is 5.30. The largest absolute Gasteiger partial charge is 0.485 e. The number of pyridine rings is 1. The number of nitrogens with zero attached hydrogens (tertiary/aromatic N) is 4. The Morgan fingerprint density at radius 2 is 1.89 bits per heavy atom. The Hall–Kier alpha value is -4.06. The Morgan fingerprint density at radius 1 is 1.16 bits per heavy atom. The maximum atomic E-state index is 10.1. The van der Waals surface area contributed by atoms with E-state index < -0.39 is 12.2 Å². The molecule has 0 unspecified atom stereocenters. The van der Waals surface area contributed by atoms with Crippen molar-refractivity contribution in [2.75, 3.05) is 18.9 Å². The van der Waals surface area contributed by atoms with Gasteiger partial charge in [0.1, 0.15) is 41.1 Å². The molecule has 190 valence electrons. The molecule has 0 radical (unpaired) electrons. The molecular weight excluding hydrogens is 526 g/mol. The molecule has 1 aliphatic rings. The van der Waals surface area contributed by atoms with E-state index in [4.69, 9.17) is 37.8 Å². The number of anilines is 1. The summed E-state index contributed by atoms with van der Waals surface area (Å²) in [7, 11) is 0. The van der Waals surface area contributed by atoms with E-state index in [-0.39, 0.29) is 23.7 Å². The van der Waals surface area contributed by atoms with Crippen LogP contribution >= 0.6 is 23.4 Å². The highest BCUT2D eigenvalue weighted by Gasteiger charge is 2.28. The van der Waals surface area contributed by atoms with Crippen molar-refractivity contribution >= 4 is 34.9 Å². The molecule has 1 fully saturated rings. The molecule has 0 bridgehead atoms. The monoisotopic (exact) mass is 545 g/mol. The minimum atomic E-state index is -0.694. The van der Waals surface area contributed by atoms with Crippen LogP contribution in [0.25, 0.3) is 27.4 Å². The molecule has 0 amide bonds. The lowest BCUT2D eigenvalue weighted by Crippen LogP contribution is -2.29. The zero-order valence-electron chi connectivity index (χ0n) is 19.8. The fraction of sp³-hybridized carbons (Fsp3) is 0.185. The minimum absolute atomic E-state index is 0.0325. The lowest BCUT2D eigenvalue weighted by Gasteiger charge is -2.16. The fourth-order valence-electron chi connectivity index (χ4n) is 3.93. The number of aromatic nitrogens is 2. The van der Waals surface area contributed by atoms with Crippen molar-refractivity contribution in [1.82, 2.24) is 9.97 Å². The Bertz CT molecular complexity index is 1540. The lowest BCUT2D eigenvalue weighted by atomic mass is 10.00. The maximum absolute atomic E-state index is 10.1. The number of aliphatic hydroxyl groups is 1. The first kappa shape index (κ1) is 25.6. The number of hydrogen-bond acceptors (Lipinski definition) is 9. The average Bonchev–Trinajstić information content (AvgIpc) is 3.57. The van der Waals surface area contributed by atoms with Crippen LogP contribution in [0.15, 0.2) is 64.2 Å². The van der Waals surface area contributed by atoms with Gasteiger partial charge in [0.05, 0.1) is 31.0 Å². The molecule has 2 aromatic heterocycles. The number of ether oxygens (including phenoxy) is 2. The van der Waals surface area contributed by atoms with Gasteiger partial charge in [-0.15, -0.1) is 0 Å². The second-order valence-corrected chi connectivity index (χ2v) is 9.75. The summed E-state index contributed by atoms with van der Waals surface area (Å²) in [5.41, 5.74) is 8.95. The van der Waals surface area contributed by atoms with Crippen LogP contribution < -0.4 is 10.5 Å². The highest BCUT2D eigenvalue weighted by Crippen LogP contribution is 2.42. The van der Waals surface area contributed by atoms with E-state index in [9.17, 15) is 10.4 Å². The predicted molar refractivity (Wildman–Crippen MR) is 143 cm³/mol. The summed E-state index contributed by atoms with van der Waals surface area (Å²) in [4.78, 5) is 12.4. The van der Waals surface area contributed by atoms with Crippen LogP contribution in [0, 0.1) is 17.9 Å². The van der Waals surface area contributed by atoms with E-state index in [1.54, 1.807) is 42.7 Å². The predicted octanol–water partition coefficient (Wildman–Crippen LogP) is 5.49. The number of hydrogen-bond donors (Lipinski definition) is 2. The summed E-state index contributed by atoms with van der Waals surface area (Å²) in [6.07, 6.45) is 0.400. The number of nitrogens with two attached hydrogens (primary N) is 1. The first-order chi connectivity index (χ1) is 18.5. The van der Waals surface area contributed by atoms with E-state index in [0.29, 0.717) is 50.9 Å². The first-order valence-corrected chi connectivity index (χ1v) is 12.8. The van der Waals surface area contributed by atoms with Crippen molar-refractivity contribution in [3.8, 4) is 34.4 Å². The number of halogens is 1. The quantitative estimate of drug-likeness (QED) is 0.228. The van der Waals surface area contributed by atoms with Crippen molar-refractivity contribution in [3.05, 3.63) is 82.5 Å². The summed E-state index contributed by atoms with van der Waals surface area (Å²) < 4.78 is 16.6. The van der Waals surface area contributed by atoms with Crippen molar-refractivity contribution in [2.45, 2.75) is 23.0 Å². The van der Waals surface area contributed by atoms with Crippen LogP contribution in [0.5, 0.6) is 5.75 Å². The lowest BCUT2D eigenvalue weighted by molar-refractivity contribution is 0.0733. The standard InChI is InChI=1S/C27H20ClN5O4S/c1-31-24-23(15-4-8-19(9-5-15)37-22-13-35-12-21(22)34)20(10-29)27(33-25(24)30)38-14-18-11-36-26(32-18)16-2-6-17(28)7-3-16/h2-9,11,21-22,34H,12-14H2,(H2,30,33)/t21-,22-/m0/s1. The molecule has 38 heavy (non-hydrogen) atoms. The second kappa shape index (κ2) is 11.1. The van der Waals surface area contributed by atoms with Crippen LogP contribution in [0.2, 0.25) is 5.02 Å². The topological polar surface area (TPSA) is 132 Å². The molecule has 1 aliphatic heterocycles. The number of nitriles is 1. The van der Waals surface area contributed by atoms with Gasteiger partial charge >= 0.3 is 0 Å². The smallest absolute Gasteiger partial charge is 0.236 e. The van der Waals surface area contributed by atoms with Gasteiger partial charge in [-0.3, -0.25) is 0 Å². The summed E-state index contributed by atoms with van der Waals surface area (Å²) >= 11 is 7.23. The molecule has 9 nitrogen and oxygen atoms in total. The highest BCUT2D eigenvalue weighted by molar-refractivity contribution is 7.98. The normalized spacial score (nSPS) is 16.6. The van der Waals surface area contributed by atoms with Crippen LogP contribution in [0.4, 0.5) is 11.5 Å². The fourth-order valence-corrected chi connectivity index (χ4v) is 4.92. The van der Waals surface area contributed by atoms with Gasteiger partial charge in [-0.2, -0.15) is 5.26 Å². The molecule has 0 spiro atoms. The highest BCUT2D eigenvalue weighted by atomic mass is 35.5. The number of rotatable bonds is 7. The van der Waals surface area contributed by atoms with Crippen molar-refractivity contribution in [2.24, 2.45) is 0 Å².